The Balaban J connectivity index is 2.41. The Bertz CT molecular complexity index is 620. The molecule has 2 aromatic rings. The van der Waals surface area contributed by atoms with Crippen molar-refractivity contribution in [1.29, 1.82) is 0 Å². The van der Waals surface area contributed by atoms with Crippen molar-refractivity contribution in [1.82, 2.24) is 9.55 Å². The first-order chi connectivity index (χ1) is 9.40. The van der Waals surface area contributed by atoms with E-state index in [1.165, 1.54) is 0 Å². The number of para-hydroxylation sites is 2. The highest BCUT2D eigenvalue weighted by atomic mass is 19.4. The Kier molecular flexibility index (Phi) is 3.96. The smallest absolute Gasteiger partial charge is 0.406 e. The van der Waals surface area contributed by atoms with Crippen LogP contribution in [0.1, 0.15) is 12.7 Å². The molecular weight excluding hydrogens is 273 g/mol. The number of ether oxygens (including phenoxy) is 1. The standard InChI is InChI=1S/C13H13F3N2O2/c1-2-20-12(19)7-11-17-9-5-3-4-6-10(9)18(11)8-13(14,15)16/h3-6H,2,7-8H2,1H3. The topological polar surface area (TPSA) is 44.1 Å². The van der Waals surface area contributed by atoms with Crippen LogP contribution in [0.15, 0.2) is 24.3 Å². The van der Waals surface area contributed by atoms with Crippen molar-refractivity contribution >= 4 is 17.0 Å². The van der Waals surface area contributed by atoms with Crippen LogP contribution in [0.4, 0.5) is 13.2 Å². The molecule has 4 nitrogen and oxygen atoms in total. The molecule has 0 spiro atoms. The summed E-state index contributed by atoms with van der Waals surface area (Å²) in [6, 6.07) is 6.46. The van der Waals surface area contributed by atoms with Crippen LogP contribution in [-0.4, -0.2) is 28.3 Å². The fourth-order valence-corrected chi connectivity index (χ4v) is 1.96. The van der Waals surface area contributed by atoms with E-state index in [1.807, 2.05) is 0 Å². The first kappa shape index (κ1) is 14.4. The fraction of sp³-hybridized carbons (Fsp3) is 0.385. The van der Waals surface area contributed by atoms with E-state index in [-0.39, 0.29) is 18.9 Å². The highest BCUT2D eigenvalue weighted by Crippen LogP contribution is 2.23. The zero-order chi connectivity index (χ0) is 14.8. The van der Waals surface area contributed by atoms with E-state index >= 15 is 0 Å². The molecule has 0 amide bonds. The first-order valence-electron chi connectivity index (χ1n) is 6.07. The first-order valence-corrected chi connectivity index (χ1v) is 6.07. The maximum Gasteiger partial charge on any atom is 0.406 e. The van der Waals surface area contributed by atoms with Crippen molar-refractivity contribution in [2.75, 3.05) is 6.61 Å². The molecular formula is C13H13F3N2O2. The number of esters is 1. The third kappa shape index (κ3) is 3.28. The number of hydrogen-bond acceptors (Lipinski definition) is 3. The van der Waals surface area contributed by atoms with Gasteiger partial charge in [0.1, 0.15) is 18.8 Å². The van der Waals surface area contributed by atoms with Gasteiger partial charge in [0.05, 0.1) is 17.6 Å². The molecule has 0 bridgehead atoms. The van der Waals surface area contributed by atoms with Gasteiger partial charge in [0, 0.05) is 0 Å². The average molecular weight is 286 g/mol. The number of carbonyl (C=O) groups is 1. The van der Waals surface area contributed by atoms with Crippen molar-refractivity contribution in [2.24, 2.45) is 0 Å². The van der Waals surface area contributed by atoms with Crippen molar-refractivity contribution < 1.29 is 22.7 Å². The van der Waals surface area contributed by atoms with Crippen LogP contribution >= 0.6 is 0 Å². The van der Waals surface area contributed by atoms with E-state index in [9.17, 15) is 18.0 Å². The van der Waals surface area contributed by atoms with Crippen LogP contribution in [0.2, 0.25) is 0 Å². The van der Waals surface area contributed by atoms with Gasteiger partial charge in [0.25, 0.3) is 0 Å². The summed E-state index contributed by atoms with van der Waals surface area (Å²) in [5.74, 6) is -0.534. The lowest BCUT2D eigenvalue weighted by atomic mass is 10.3. The monoisotopic (exact) mass is 286 g/mol. The van der Waals surface area contributed by atoms with Crippen molar-refractivity contribution in [3.63, 3.8) is 0 Å². The highest BCUT2D eigenvalue weighted by molar-refractivity contribution is 5.78. The number of halogens is 3. The Morgan fingerprint density at radius 3 is 2.70 bits per heavy atom. The van der Waals surface area contributed by atoms with E-state index in [0.29, 0.717) is 11.0 Å². The van der Waals surface area contributed by atoms with Gasteiger partial charge in [-0.25, -0.2) is 4.98 Å². The summed E-state index contributed by atoms with van der Waals surface area (Å²) >= 11 is 0. The van der Waals surface area contributed by atoms with Gasteiger partial charge in [0.2, 0.25) is 0 Å². The predicted octanol–water partition coefficient (Wildman–Crippen LogP) is 2.70. The molecule has 1 aromatic heterocycles. The highest BCUT2D eigenvalue weighted by Gasteiger charge is 2.30. The zero-order valence-electron chi connectivity index (χ0n) is 10.8. The molecule has 0 atom stereocenters. The third-order valence-corrected chi connectivity index (χ3v) is 2.68. The molecule has 0 fully saturated rings. The minimum Gasteiger partial charge on any atom is -0.466 e. The van der Waals surface area contributed by atoms with Crippen LogP contribution < -0.4 is 0 Å². The average Bonchev–Trinajstić information content (AvgIpc) is 2.66. The predicted molar refractivity (Wildman–Crippen MR) is 66.1 cm³/mol. The second-order valence-electron chi connectivity index (χ2n) is 4.20. The molecule has 1 heterocycles. The number of alkyl halides is 3. The van der Waals surface area contributed by atoms with Gasteiger partial charge >= 0.3 is 12.1 Å². The summed E-state index contributed by atoms with van der Waals surface area (Å²) in [4.78, 5) is 15.5. The van der Waals surface area contributed by atoms with E-state index in [1.54, 1.807) is 31.2 Å². The van der Waals surface area contributed by atoms with E-state index < -0.39 is 18.7 Å². The van der Waals surface area contributed by atoms with Crippen LogP contribution in [0, 0.1) is 0 Å². The number of hydrogen-bond donors (Lipinski definition) is 0. The SMILES string of the molecule is CCOC(=O)Cc1nc2ccccc2n1CC(F)(F)F. The van der Waals surface area contributed by atoms with Crippen LogP contribution in [0.3, 0.4) is 0 Å². The van der Waals surface area contributed by atoms with Crippen LogP contribution in [0.5, 0.6) is 0 Å². The Morgan fingerprint density at radius 1 is 1.35 bits per heavy atom. The Labute approximate surface area is 113 Å². The van der Waals surface area contributed by atoms with Gasteiger partial charge in [0.15, 0.2) is 0 Å². The van der Waals surface area contributed by atoms with Crippen molar-refractivity contribution in [3.8, 4) is 0 Å². The quantitative estimate of drug-likeness (QED) is 0.812. The van der Waals surface area contributed by atoms with E-state index in [4.69, 9.17) is 4.74 Å². The zero-order valence-corrected chi connectivity index (χ0v) is 10.8. The second-order valence-corrected chi connectivity index (χ2v) is 4.20. The Morgan fingerprint density at radius 2 is 2.05 bits per heavy atom. The molecule has 7 heteroatoms. The number of benzene rings is 1. The maximum atomic E-state index is 12.6. The van der Waals surface area contributed by atoms with Gasteiger partial charge in [-0.1, -0.05) is 12.1 Å². The molecule has 1 aromatic carbocycles. The van der Waals surface area contributed by atoms with Gasteiger partial charge in [-0.3, -0.25) is 4.79 Å². The number of imidazole rings is 1. The van der Waals surface area contributed by atoms with Crippen LogP contribution in [-0.2, 0) is 22.5 Å². The lowest BCUT2D eigenvalue weighted by Crippen LogP contribution is -2.21. The minimum absolute atomic E-state index is 0.0574. The van der Waals surface area contributed by atoms with Crippen LogP contribution in [0.25, 0.3) is 11.0 Å². The normalized spacial score (nSPS) is 11.8. The fourth-order valence-electron chi connectivity index (χ4n) is 1.96. The van der Waals surface area contributed by atoms with Crippen molar-refractivity contribution in [2.45, 2.75) is 26.1 Å². The number of aromatic nitrogens is 2. The number of nitrogens with zero attached hydrogens (tertiary/aromatic N) is 2. The summed E-state index contributed by atoms with van der Waals surface area (Å²) in [5.41, 5.74) is 0.778. The maximum absolute atomic E-state index is 12.6. The molecule has 108 valence electrons. The third-order valence-electron chi connectivity index (χ3n) is 2.68. The lowest BCUT2D eigenvalue weighted by molar-refractivity contribution is -0.145. The second kappa shape index (κ2) is 5.52. The summed E-state index contributed by atoms with van der Waals surface area (Å²) in [7, 11) is 0. The van der Waals surface area contributed by atoms with E-state index in [0.717, 1.165) is 4.57 Å². The molecule has 20 heavy (non-hydrogen) atoms. The lowest BCUT2D eigenvalue weighted by Gasteiger charge is -2.11. The molecule has 0 saturated carbocycles. The van der Waals surface area contributed by atoms with E-state index in [2.05, 4.69) is 4.98 Å². The number of fused-ring (bicyclic) bond motifs is 1. The summed E-state index contributed by atoms with van der Waals surface area (Å²) < 4.78 is 43.7. The van der Waals surface area contributed by atoms with Gasteiger partial charge in [-0.15, -0.1) is 0 Å². The molecule has 0 aliphatic carbocycles. The van der Waals surface area contributed by atoms with Gasteiger partial charge in [-0.2, -0.15) is 13.2 Å². The van der Waals surface area contributed by atoms with Gasteiger partial charge < -0.3 is 9.30 Å². The molecule has 0 aliphatic heterocycles. The summed E-state index contributed by atoms with van der Waals surface area (Å²) in [6.07, 6.45) is -4.66. The molecule has 0 radical (unpaired) electrons. The molecule has 0 aliphatic rings. The summed E-state index contributed by atoms with van der Waals surface area (Å²) in [6.45, 7) is 0.636. The number of rotatable bonds is 4. The minimum atomic E-state index is -4.38. The molecule has 0 N–H and O–H groups in total. The molecule has 0 saturated heterocycles. The van der Waals surface area contributed by atoms with Gasteiger partial charge in [-0.05, 0) is 19.1 Å². The summed E-state index contributed by atoms with van der Waals surface area (Å²) in [5, 5.41) is 0. The largest absolute Gasteiger partial charge is 0.466 e. The molecule has 2 rings (SSSR count). The van der Waals surface area contributed by atoms with Crippen molar-refractivity contribution in [3.05, 3.63) is 30.1 Å². The Hall–Kier alpha value is -2.05. The molecule has 0 unspecified atom stereocenters. The number of carbonyl (C=O) groups excluding carboxylic acids is 1.